The number of benzene rings is 2. The second kappa shape index (κ2) is 8.64. The Morgan fingerprint density at radius 3 is 2.58 bits per heavy atom. The molecule has 0 radical (unpaired) electrons. The van der Waals surface area contributed by atoms with Gasteiger partial charge in [0.05, 0.1) is 13.7 Å². The van der Waals surface area contributed by atoms with Crippen LogP contribution in [0.25, 0.3) is 0 Å². The highest BCUT2D eigenvalue weighted by molar-refractivity contribution is 5.47. The third kappa shape index (κ3) is 4.23. The molecule has 2 rings (SSSR count). The Bertz CT molecular complexity index is 676. The third-order valence-electron chi connectivity index (χ3n) is 3.88. The van der Waals surface area contributed by atoms with Crippen molar-refractivity contribution < 1.29 is 18.3 Å². The fraction of sp³-hybridized carbons (Fsp3) is 0.368. The highest BCUT2D eigenvalue weighted by Gasteiger charge is 2.19. The zero-order valence-corrected chi connectivity index (χ0v) is 14.0. The van der Waals surface area contributed by atoms with Crippen LogP contribution >= 0.6 is 0 Å². The van der Waals surface area contributed by atoms with E-state index >= 15 is 0 Å². The van der Waals surface area contributed by atoms with Crippen molar-refractivity contribution in [3.05, 3.63) is 59.2 Å². The number of nitrogens with two attached hydrogens (primary N) is 1. The Labute approximate surface area is 141 Å². The highest BCUT2D eigenvalue weighted by atomic mass is 19.1. The van der Waals surface area contributed by atoms with Crippen LogP contribution < -0.4 is 15.2 Å². The molecule has 130 valence electrons. The van der Waals surface area contributed by atoms with Crippen LogP contribution in [0.5, 0.6) is 11.5 Å². The second-order valence-corrected chi connectivity index (χ2v) is 5.60. The van der Waals surface area contributed by atoms with Crippen molar-refractivity contribution in [1.29, 1.82) is 0 Å². The Balaban J connectivity index is 2.33. The van der Waals surface area contributed by atoms with Crippen LogP contribution in [-0.4, -0.2) is 20.3 Å². The third-order valence-corrected chi connectivity index (χ3v) is 3.88. The van der Waals surface area contributed by atoms with E-state index in [4.69, 9.17) is 15.2 Å². The number of rotatable bonds is 8. The second-order valence-electron chi connectivity index (χ2n) is 5.60. The number of hydrogen-bond donors (Lipinski definition) is 1. The van der Waals surface area contributed by atoms with Gasteiger partial charge in [0, 0.05) is 12.0 Å². The molecule has 0 amide bonds. The molecule has 0 spiro atoms. The SMILES string of the molecule is CCCOc1c(CC(CN)c2ccc(F)cc2F)cccc1OC. The zero-order valence-electron chi connectivity index (χ0n) is 14.0. The molecule has 0 aliphatic carbocycles. The molecule has 1 atom stereocenters. The molecule has 0 saturated heterocycles. The van der Waals surface area contributed by atoms with Crippen molar-refractivity contribution >= 4 is 0 Å². The van der Waals surface area contributed by atoms with E-state index in [1.165, 1.54) is 12.1 Å². The summed E-state index contributed by atoms with van der Waals surface area (Å²) in [6.07, 6.45) is 1.35. The summed E-state index contributed by atoms with van der Waals surface area (Å²) in [6.45, 7) is 2.82. The van der Waals surface area contributed by atoms with Gasteiger partial charge >= 0.3 is 0 Å². The molecule has 0 aromatic heterocycles. The van der Waals surface area contributed by atoms with Gasteiger partial charge in [0.15, 0.2) is 11.5 Å². The fourth-order valence-corrected chi connectivity index (χ4v) is 2.67. The van der Waals surface area contributed by atoms with Crippen LogP contribution in [0, 0.1) is 11.6 Å². The Morgan fingerprint density at radius 2 is 1.96 bits per heavy atom. The maximum Gasteiger partial charge on any atom is 0.164 e. The van der Waals surface area contributed by atoms with Gasteiger partial charge < -0.3 is 15.2 Å². The van der Waals surface area contributed by atoms with Crippen LogP contribution in [0.15, 0.2) is 36.4 Å². The minimum Gasteiger partial charge on any atom is -0.493 e. The molecule has 0 saturated carbocycles. The molecule has 0 heterocycles. The minimum absolute atomic E-state index is 0.243. The van der Waals surface area contributed by atoms with Gasteiger partial charge in [0.1, 0.15) is 11.6 Å². The van der Waals surface area contributed by atoms with Crippen LogP contribution in [0.2, 0.25) is 0 Å². The molecule has 2 aromatic rings. The summed E-state index contributed by atoms with van der Waals surface area (Å²) >= 11 is 0. The van der Waals surface area contributed by atoms with E-state index in [1.54, 1.807) is 7.11 Å². The Kier molecular flexibility index (Phi) is 6.55. The topological polar surface area (TPSA) is 44.5 Å². The number of para-hydroxylation sites is 1. The van der Waals surface area contributed by atoms with E-state index in [-0.39, 0.29) is 12.5 Å². The lowest BCUT2D eigenvalue weighted by Gasteiger charge is -2.20. The summed E-state index contributed by atoms with van der Waals surface area (Å²) < 4.78 is 38.4. The van der Waals surface area contributed by atoms with Crippen molar-refractivity contribution in [1.82, 2.24) is 0 Å². The van der Waals surface area contributed by atoms with Crippen LogP contribution in [-0.2, 0) is 6.42 Å². The normalized spacial score (nSPS) is 12.0. The van der Waals surface area contributed by atoms with Gasteiger partial charge in [0.2, 0.25) is 0 Å². The molecule has 1 unspecified atom stereocenters. The molecule has 2 N–H and O–H groups in total. The summed E-state index contributed by atoms with van der Waals surface area (Å²) in [7, 11) is 1.58. The molecular formula is C19H23F2NO2. The van der Waals surface area contributed by atoms with Crippen molar-refractivity contribution in [3.8, 4) is 11.5 Å². The zero-order chi connectivity index (χ0) is 17.5. The lowest BCUT2D eigenvalue weighted by molar-refractivity contribution is 0.290. The van der Waals surface area contributed by atoms with E-state index in [1.807, 2.05) is 25.1 Å². The first-order valence-electron chi connectivity index (χ1n) is 8.04. The Morgan fingerprint density at radius 1 is 1.17 bits per heavy atom. The molecule has 0 aliphatic rings. The average molecular weight is 335 g/mol. The average Bonchev–Trinajstić information content (AvgIpc) is 2.58. The molecular weight excluding hydrogens is 312 g/mol. The number of halogens is 2. The lowest BCUT2D eigenvalue weighted by Crippen LogP contribution is -2.17. The van der Waals surface area contributed by atoms with Gasteiger partial charge in [-0.25, -0.2) is 8.78 Å². The van der Waals surface area contributed by atoms with E-state index in [0.717, 1.165) is 18.1 Å². The van der Waals surface area contributed by atoms with Crippen molar-refractivity contribution in [2.75, 3.05) is 20.3 Å². The maximum absolute atomic E-state index is 14.1. The summed E-state index contributed by atoms with van der Waals surface area (Å²) in [4.78, 5) is 0. The molecule has 5 heteroatoms. The van der Waals surface area contributed by atoms with Crippen molar-refractivity contribution in [2.45, 2.75) is 25.7 Å². The monoisotopic (exact) mass is 335 g/mol. The highest BCUT2D eigenvalue weighted by Crippen LogP contribution is 2.35. The summed E-state index contributed by atoms with van der Waals surface area (Å²) in [5.41, 5.74) is 7.14. The fourth-order valence-electron chi connectivity index (χ4n) is 2.67. The first-order valence-corrected chi connectivity index (χ1v) is 8.04. The van der Waals surface area contributed by atoms with Crippen molar-refractivity contribution in [2.24, 2.45) is 5.73 Å². The summed E-state index contributed by atoms with van der Waals surface area (Å²) in [5.74, 6) is -0.162. The molecule has 2 aromatic carbocycles. The van der Waals surface area contributed by atoms with Gasteiger partial charge in [-0.05, 0) is 42.6 Å². The van der Waals surface area contributed by atoms with Crippen LogP contribution in [0.1, 0.15) is 30.4 Å². The molecule has 0 fully saturated rings. The molecule has 0 bridgehead atoms. The predicted molar refractivity (Wildman–Crippen MR) is 90.6 cm³/mol. The quantitative estimate of drug-likeness (QED) is 0.791. The van der Waals surface area contributed by atoms with Gasteiger partial charge in [0.25, 0.3) is 0 Å². The largest absolute Gasteiger partial charge is 0.493 e. The van der Waals surface area contributed by atoms with E-state index in [2.05, 4.69) is 0 Å². The molecule has 3 nitrogen and oxygen atoms in total. The first kappa shape index (κ1) is 18.2. The van der Waals surface area contributed by atoms with E-state index < -0.39 is 11.6 Å². The smallest absolute Gasteiger partial charge is 0.164 e. The van der Waals surface area contributed by atoms with Gasteiger partial charge in [-0.3, -0.25) is 0 Å². The number of hydrogen-bond acceptors (Lipinski definition) is 3. The van der Waals surface area contributed by atoms with Crippen LogP contribution in [0.4, 0.5) is 8.78 Å². The summed E-state index contributed by atoms with van der Waals surface area (Å²) in [6, 6.07) is 9.19. The Hall–Kier alpha value is -2.14. The molecule has 0 aliphatic heterocycles. The lowest BCUT2D eigenvalue weighted by atomic mass is 9.91. The predicted octanol–water partition coefficient (Wildman–Crippen LogP) is 4.05. The van der Waals surface area contributed by atoms with E-state index in [9.17, 15) is 8.78 Å². The molecule has 24 heavy (non-hydrogen) atoms. The first-order chi connectivity index (χ1) is 11.6. The van der Waals surface area contributed by atoms with Gasteiger partial charge in [-0.15, -0.1) is 0 Å². The van der Waals surface area contributed by atoms with Crippen molar-refractivity contribution in [3.63, 3.8) is 0 Å². The number of methoxy groups -OCH3 is 1. The standard InChI is InChI=1S/C19H23F2NO2/c1-3-9-24-19-13(5-4-6-18(19)23-2)10-14(12-22)16-8-7-15(20)11-17(16)21/h4-8,11,14H,3,9-10,12,22H2,1-2H3. The van der Waals surface area contributed by atoms with Crippen LogP contribution in [0.3, 0.4) is 0 Å². The van der Waals surface area contributed by atoms with Gasteiger partial charge in [-0.2, -0.15) is 0 Å². The minimum atomic E-state index is -0.597. The van der Waals surface area contributed by atoms with Gasteiger partial charge in [-0.1, -0.05) is 25.1 Å². The number of ether oxygens (including phenoxy) is 2. The maximum atomic E-state index is 14.1. The van der Waals surface area contributed by atoms with E-state index in [0.29, 0.717) is 30.1 Å². The summed E-state index contributed by atoms with van der Waals surface area (Å²) in [5, 5.41) is 0.